The van der Waals surface area contributed by atoms with Gasteiger partial charge >= 0.3 is 6.18 Å². The van der Waals surface area contributed by atoms with Crippen LogP contribution in [0, 0.1) is 0 Å². The van der Waals surface area contributed by atoms with E-state index in [0.717, 1.165) is 54.8 Å². The number of aromatic nitrogens is 2. The molecule has 2 aliphatic rings. The number of para-hydroxylation sites is 1. The average Bonchev–Trinajstić information content (AvgIpc) is 3.64. The molecule has 0 bridgehead atoms. The third-order valence-electron chi connectivity index (χ3n) is 6.08. The number of amides is 1. The number of hydrogen-bond acceptors (Lipinski definition) is 5. The van der Waals surface area contributed by atoms with Crippen molar-refractivity contribution in [3.63, 3.8) is 0 Å². The van der Waals surface area contributed by atoms with Crippen LogP contribution < -0.4 is 15.1 Å². The lowest BCUT2D eigenvalue weighted by atomic mass is 10.1. The number of alkyl halides is 3. The van der Waals surface area contributed by atoms with E-state index >= 15 is 0 Å². The predicted molar refractivity (Wildman–Crippen MR) is 121 cm³/mol. The Labute approximate surface area is 189 Å². The van der Waals surface area contributed by atoms with Crippen LogP contribution in [0.4, 0.5) is 24.8 Å². The SMILES string of the molecule is O=C(NC1CC1)c1cc(N2CCCN(c3ccc(C(F)(F)F)cn3)CC2)nc2ccccc12. The molecule has 1 aliphatic heterocycles. The first-order valence-electron chi connectivity index (χ1n) is 11.1. The van der Waals surface area contributed by atoms with Crippen LogP contribution in [0.5, 0.6) is 0 Å². The first-order valence-corrected chi connectivity index (χ1v) is 11.1. The van der Waals surface area contributed by atoms with Gasteiger partial charge in [0, 0.05) is 43.8 Å². The quantitative estimate of drug-likeness (QED) is 0.637. The van der Waals surface area contributed by atoms with Gasteiger partial charge in [-0.15, -0.1) is 0 Å². The van der Waals surface area contributed by atoms with Gasteiger partial charge in [-0.3, -0.25) is 4.79 Å². The van der Waals surface area contributed by atoms with E-state index in [1.807, 2.05) is 35.2 Å². The van der Waals surface area contributed by atoms with Crippen molar-refractivity contribution < 1.29 is 18.0 Å². The second-order valence-electron chi connectivity index (χ2n) is 8.52. The number of rotatable bonds is 4. The van der Waals surface area contributed by atoms with Crippen molar-refractivity contribution in [2.75, 3.05) is 36.0 Å². The molecule has 1 saturated carbocycles. The molecule has 0 atom stereocenters. The maximum Gasteiger partial charge on any atom is 0.417 e. The fraction of sp³-hybridized carbons (Fsp3) is 0.375. The van der Waals surface area contributed by atoms with Crippen molar-refractivity contribution >= 4 is 28.4 Å². The van der Waals surface area contributed by atoms with Crippen LogP contribution in [0.15, 0.2) is 48.7 Å². The molecule has 3 aromatic rings. The van der Waals surface area contributed by atoms with Gasteiger partial charge in [0.05, 0.1) is 16.6 Å². The number of anilines is 2. The first kappa shape index (κ1) is 21.5. The van der Waals surface area contributed by atoms with Crippen LogP contribution in [0.3, 0.4) is 0 Å². The third kappa shape index (κ3) is 4.72. The highest BCUT2D eigenvalue weighted by Crippen LogP contribution is 2.30. The van der Waals surface area contributed by atoms with E-state index < -0.39 is 11.7 Å². The molecule has 1 saturated heterocycles. The highest BCUT2D eigenvalue weighted by atomic mass is 19.4. The number of nitrogens with one attached hydrogen (secondary N) is 1. The third-order valence-corrected chi connectivity index (χ3v) is 6.08. The number of nitrogens with zero attached hydrogens (tertiary/aromatic N) is 4. The van der Waals surface area contributed by atoms with Gasteiger partial charge in [-0.1, -0.05) is 18.2 Å². The molecule has 0 radical (unpaired) electrons. The maximum absolute atomic E-state index is 12.9. The predicted octanol–water partition coefficient (Wildman–Crippen LogP) is 4.26. The number of pyridine rings is 2. The lowest BCUT2D eigenvalue weighted by Gasteiger charge is -2.24. The Morgan fingerprint density at radius 1 is 0.970 bits per heavy atom. The van der Waals surface area contributed by atoms with Gasteiger partial charge in [-0.05, 0) is 43.5 Å². The number of carbonyl (C=O) groups excluding carboxylic acids is 1. The fourth-order valence-corrected chi connectivity index (χ4v) is 4.12. The summed E-state index contributed by atoms with van der Waals surface area (Å²) in [5.41, 5.74) is 0.634. The lowest BCUT2D eigenvalue weighted by molar-refractivity contribution is -0.137. The van der Waals surface area contributed by atoms with Crippen LogP contribution in [-0.4, -0.2) is 48.1 Å². The van der Waals surface area contributed by atoms with Gasteiger partial charge < -0.3 is 15.1 Å². The van der Waals surface area contributed by atoms with Crippen molar-refractivity contribution in [3.05, 3.63) is 59.8 Å². The molecule has 0 spiro atoms. The maximum atomic E-state index is 12.9. The molecule has 2 aromatic heterocycles. The van der Waals surface area contributed by atoms with E-state index in [1.165, 1.54) is 6.07 Å². The molecule has 1 aromatic carbocycles. The number of halogens is 3. The van der Waals surface area contributed by atoms with Crippen molar-refractivity contribution in [1.29, 1.82) is 0 Å². The van der Waals surface area contributed by atoms with E-state index in [1.54, 1.807) is 0 Å². The summed E-state index contributed by atoms with van der Waals surface area (Å²) in [4.78, 5) is 25.9. The first-order chi connectivity index (χ1) is 15.9. The van der Waals surface area contributed by atoms with Crippen molar-refractivity contribution in [3.8, 4) is 0 Å². The Hall–Kier alpha value is -3.36. The molecule has 1 amide bonds. The molecule has 1 N–H and O–H groups in total. The van der Waals surface area contributed by atoms with Gasteiger partial charge in [0.25, 0.3) is 5.91 Å². The molecule has 1 aliphatic carbocycles. The van der Waals surface area contributed by atoms with E-state index in [9.17, 15) is 18.0 Å². The van der Waals surface area contributed by atoms with Gasteiger partial charge in [0.1, 0.15) is 11.6 Å². The van der Waals surface area contributed by atoms with Gasteiger partial charge in [0.15, 0.2) is 0 Å². The Kier molecular flexibility index (Phi) is 5.55. The summed E-state index contributed by atoms with van der Waals surface area (Å²) in [6, 6.07) is 12.2. The molecular formula is C24H24F3N5O. The van der Waals surface area contributed by atoms with Crippen molar-refractivity contribution in [2.24, 2.45) is 0 Å². The summed E-state index contributed by atoms with van der Waals surface area (Å²) < 4.78 is 38.5. The Balaban J connectivity index is 1.36. The molecule has 172 valence electrons. The summed E-state index contributed by atoms with van der Waals surface area (Å²) in [7, 11) is 0. The number of fused-ring (bicyclic) bond motifs is 1. The van der Waals surface area contributed by atoms with Crippen LogP contribution in [0.2, 0.25) is 0 Å². The lowest BCUT2D eigenvalue weighted by Crippen LogP contribution is -2.32. The van der Waals surface area contributed by atoms with Gasteiger partial charge in [-0.2, -0.15) is 13.2 Å². The molecule has 0 unspecified atom stereocenters. The van der Waals surface area contributed by atoms with E-state index in [0.29, 0.717) is 31.0 Å². The Morgan fingerprint density at radius 2 is 1.70 bits per heavy atom. The minimum Gasteiger partial charge on any atom is -0.355 e. The minimum atomic E-state index is -4.40. The van der Waals surface area contributed by atoms with Crippen molar-refractivity contribution in [2.45, 2.75) is 31.5 Å². The molecule has 6 nitrogen and oxygen atoms in total. The van der Waals surface area contributed by atoms with Crippen LogP contribution in [0.25, 0.3) is 10.9 Å². The van der Waals surface area contributed by atoms with E-state index in [2.05, 4.69) is 15.2 Å². The normalized spacial score (nSPS) is 17.2. The zero-order valence-electron chi connectivity index (χ0n) is 18.0. The van der Waals surface area contributed by atoms with Crippen LogP contribution in [0.1, 0.15) is 35.2 Å². The Bertz CT molecular complexity index is 1160. The molecular weight excluding hydrogens is 431 g/mol. The molecule has 2 fully saturated rings. The Morgan fingerprint density at radius 3 is 2.36 bits per heavy atom. The van der Waals surface area contributed by atoms with Crippen molar-refractivity contribution in [1.82, 2.24) is 15.3 Å². The largest absolute Gasteiger partial charge is 0.417 e. The fourth-order valence-electron chi connectivity index (χ4n) is 4.12. The van der Waals surface area contributed by atoms with Gasteiger partial charge in [0.2, 0.25) is 0 Å². The average molecular weight is 455 g/mol. The monoisotopic (exact) mass is 455 g/mol. The number of carbonyl (C=O) groups is 1. The number of hydrogen-bond donors (Lipinski definition) is 1. The molecule has 9 heteroatoms. The smallest absolute Gasteiger partial charge is 0.355 e. The van der Waals surface area contributed by atoms with Gasteiger partial charge in [-0.25, -0.2) is 9.97 Å². The van der Waals surface area contributed by atoms with Crippen LogP contribution in [-0.2, 0) is 6.18 Å². The summed E-state index contributed by atoms with van der Waals surface area (Å²) in [6.45, 7) is 2.62. The van der Waals surface area contributed by atoms with E-state index in [-0.39, 0.29) is 11.9 Å². The summed E-state index contributed by atoms with van der Waals surface area (Å²) in [6.07, 6.45) is -0.691. The highest BCUT2D eigenvalue weighted by molar-refractivity contribution is 6.07. The topological polar surface area (TPSA) is 61.4 Å². The summed E-state index contributed by atoms with van der Waals surface area (Å²) >= 11 is 0. The number of benzene rings is 1. The van der Waals surface area contributed by atoms with E-state index in [4.69, 9.17) is 4.98 Å². The second-order valence-corrected chi connectivity index (χ2v) is 8.52. The van der Waals surface area contributed by atoms with Crippen LogP contribution >= 0.6 is 0 Å². The summed E-state index contributed by atoms with van der Waals surface area (Å²) in [5, 5.41) is 3.89. The standard InChI is InChI=1S/C24H24F3N5O/c25-24(26,27)16-6-9-21(28-15-16)31-10-3-11-32(13-12-31)22-14-19(23(33)29-17-7-8-17)18-4-1-2-5-20(18)30-22/h1-2,4-6,9,14-15,17H,3,7-8,10-13H2,(H,29,33). The summed E-state index contributed by atoms with van der Waals surface area (Å²) in [5.74, 6) is 1.18. The highest BCUT2D eigenvalue weighted by Gasteiger charge is 2.31. The molecule has 3 heterocycles. The minimum absolute atomic E-state index is 0.0808. The molecule has 33 heavy (non-hydrogen) atoms. The molecule has 5 rings (SSSR count). The zero-order valence-corrected chi connectivity index (χ0v) is 18.0. The zero-order chi connectivity index (χ0) is 23.0. The second kappa shape index (κ2) is 8.53.